The summed E-state index contributed by atoms with van der Waals surface area (Å²) < 4.78 is 13.7. The van der Waals surface area contributed by atoms with E-state index < -0.39 is 0 Å². The first-order chi connectivity index (χ1) is 16.9. The number of benzene rings is 3. The van der Waals surface area contributed by atoms with Gasteiger partial charge in [-0.1, -0.05) is 57.9 Å². The van der Waals surface area contributed by atoms with Crippen molar-refractivity contribution in [3.63, 3.8) is 0 Å². The Bertz CT molecular complexity index is 1300. The van der Waals surface area contributed by atoms with Crippen LogP contribution in [-0.4, -0.2) is 22.7 Å². The van der Waals surface area contributed by atoms with Crippen LogP contribution in [0.5, 0.6) is 11.5 Å². The van der Waals surface area contributed by atoms with E-state index in [0.717, 1.165) is 36.5 Å². The van der Waals surface area contributed by atoms with Crippen molar-refractivity contribution in [3.8, 4) is 11.5 Å². The van der Waals surface area contributed by atoms with Crippen LogP contribution >= 0.6 is 61.9 Å². The number of thioether (sulfide) groups is 1. The summed E-state index contributed by atoms with van der Waals surface area (Å²) in [6.45, 7) is 2.87. The average molecular weight is 685 g/mol. The predicted molar refractivity (Wildman–Crippen MR) is 152 cm³/mol. The average Bonchev–Trinajstić information content (AvgIpc) is 3.08. The second kappa shape index (κ2) is 11.8. The summed E-state index contributed by atoms with van der Waals surface area (Å²) in [5.41, 5.74) is 2.50. The molecule has 0 N–H and O–H groups in total. The van der Waals surface area contributed by atoms with Crippen molar-refractivity contribution < 1.29 is 19.1 Å². The molecular formula is C26H20BrClINO4S. The molecule has 5 nitrogen and oxygen atoms in total. The Labute approximate surface area is 235 Å². The third-order valence-electron chi connectivity index (χ3n) is 5.09. The maximum atomic E-state index is 13.0. The van der Waals surface area contributed by atoms with E-state index in [1.54, 1.807) is 6.08 Å². The van der Waals surface area contributed by atoms with E-state index in [-0.39, 0.29) is 17.7 Å². The molecule has 1 aliphatic rings. The van der Waals surface area contributed by atoms with Crippen LogP contribution in [0.25, 0.3) is 6.08 Å². The lowest BCUT2D eigenvalue weighted by Gasteiger charge is -2.15. The first kappa shape index (κ1) is 26.1. The van der Waals surface area contributed by atoms with Gasteiger partial charge < -0.3 is 9.47 Å². The Kier molecular flexibility index (Phi) is 8.80. The van der Waals surface area contributed by atoms with Crippen molar-refractivity contribution >= 4 is 79.1 Å². The number of hydrogen-bond donors (Lipinski definition) is 0. The Morgan fingerprint density at radius 1 is 1.09 bits per heavy atom. The molecule has 9 heteroatoms. The second-order valence-electron chi connectivity index (χ2n) is 7.54. The number of carbonyl (C=O) groups excluding carboxylic acids is 2. The second-order valence-corrected chi connectivity index (χ2v) is 11.0. The van der Waals surface area contributed by atoms with Gasteiger partial charge in [-0.05, 0) is 88.8 Å². The van der Waals surface area contributed by atoms with Crippen LogP contribution in [0.1, 0.15) is 23.6 Å². The molecule has 0 saturated carbocycles. The Balaban J connectivity index is 1.55. The van der Waals surface area contributed by atoms with Gasteiger partial charge in [0, 0.05) is 15.1 Å². The molecule has 0 aliphatic carbocycles. The van der Waals surface area contributed by atoms with Gasteiger partial charge in [0.15, 0.2) is 11.5 Å². The molecule has 1 heterocycles. The van der Waals surface area contributed by atoms with Crippen LogP contribution in [0.2, 0.25) is 5.02 Å². The fourth-order valence-electron chi connectivity index (χ4n) is 3.40. The standard InChI is InChI=1S/C26H20BrClINO4S/c1-2-33-22-12-17(11-21(29)24(22)34-15-18-5-3-4-6-20(18)28)13-23-25(31)30(26(32)35-23)14-16-7-9-19(27)10-8-16/h3-13H,2,14-15H2,1H3/b23-13-. The van der Waals surface area contributed by atoms with Gasteiger partial charge >= 0.3 is 0 Å². The van der Waals surface area contributed by atoms with Gasteiger partial charge in [-0.25, -0.2) is 0 Å². The minimum absolute atomic E-state index is 0.228. The number of halogens is 3. The smallest absolute Gasteiger partial charge is 0.293 e. The Morgan fingerprint density at radius 3 is 2.54 bits per heavy atom. The summed E-state index contributed by atoms with van der Waals surface area (Å²) >= 11 is 12.8. The van der Waals surface area contributed by atoms with Crippen molar-refractivity contribution in [2.45, 2.75) is 20.1 Å². The van der Waals surface area contributed by atoms with Crippen molar-refractivity contribution in [3.05, 3.63) is 95.3 Å². The lowest BCUT2D eigenvalue weighted by atomic mass is 10.1. The molecule has 4 rings (SSSR count). The summed E-state index contributed by atoms with van der Waals surface area (Å²) in [6.07, 6.45) is 1.72. The maximum absolute atomic E-state index is 13.0. The number of imide groups is 1. The number of carbonyl (C=O) groups is 2. The highest BCUT2D eigenvalue weighted by Gasteiger charge is 2.35. The molecule has 1 saturated heterocycles. The Morgan fingerprint density at radius 2 is 1.83 bits per heavy atom. The lowest BCUT2D eigenvalue weighted by Crippen LogP contribution is -2.27. The van der Waals surface area contributed by atoms with E-state index in [4.69, 9.17) is 21.1 Å². The van der Waals surface area contributed by atoms with E-state index >= 15 is 0 Å². The zero-order chi connectivity index (χ0) is 24.9. The van der Waals surface area contributed by atoms with Gasteiger partial charge in [-0.15, -0.1) is 0 Å². The number of rotatable bonds is 8. The molecule has 3 aromatic rings. The largest absolute Gasteiger partial charge is 0.490 e. The fraction of sp³-hybridized carbons (Fsp3) is 0.154. The van der Waals surface area contributed by atoms with Gasteiger partial charge in [-0.3, -0.25) is 14.5 Å². The third-order valence-corrected chi connectivity index (χ3v) is 7.69. The van der Waals surface area contributed by atoms with Crippen LogP contribution in [0.15, 0.2) is 70.0 Å². The van der Waals surface area contributed by atoms with Crippen molar-refractivity contribution in [2.75, 3.05) is 6.61 Å². The molecule has 0 unspecified atom stereocenters. The van der Waals surface area contributed by atoms with Crippen molar-refractivity contribution in [1.82, 2.24) is 4.90 Å². The molecule has 180 valence electrons. The molecule has 35 heavy (non-hydrogen) atoms. The van der Waals surface area contributed by atoms with Crippen LogP contribution < -0.4 is 9.47 Å². The zero-order valence-electron chi connectivity index (χ0n) is 18.6. The lowest BCUT2D eigenvalue weighted by molar-refractivity contribution is -0.123. The topological polar surface area (TPSA) is 55.8 Å². The Hall–Kier alpha value is -2.01. The monoisotopic (exact) mass is 683 g/mol. The third kappa shape index (κ3) is 6.41. The van der Waals surface area contributed by atoms with E-state index in [0.29, 0.717) is 34.6 Å². The summed E-state index contributed by atoms with van der Waals surface area (Å²) in [7, 11) is 0. The predicted octanol–water partition coefficient (Wildman–Crippen LogP) is 7.92. The van der Waals surface area contributed by atoms with Crippen molar-refractivity contribution in [1.29, 1.82) is 0 Å². The minimum Gasteiger partial charge on any atom is -0.490 e. The van der Waals surface area contributed by atoms with Gasteiger partial charge in [-0.2, -0.15) is 0 Å². The zero-order valence-corrected chi connectivity index (χ0v) is 23.9. The number of hydrogen-bond acceptors (Lipinski definition) is 5. The molecule has 0 aromatic heterocycles. The molecular weight excluding hydrogens is 665 g/mol. The maximum Gasteiger partial charge on any atom is 0.293 e. The quantitative estimate of drug-likeness (QED) is 0.178. The minimum atomic E-state index is -0.310. The molecule has 1 aliphatic heterocycles. The van der Waals surface area contributed by atoms with E-state index in [1.807, 2.05) is 67.6 Å². The highest BCUT2D eigenvalue weighted by atomic mass is 127. The molecule has 0 atom stereocenters. The number of ether oxygens (including phenoxy) is 2. The normalized spacial score (nSPS) is 14.6. The van der Waals surface area contributed by atoms with Crippen molar-refractivity contribution in [2.24, 2.45) is 0 Å². The van der Waals surface area contributed by atoms with E-state index in [2.05, 4.69) is 38.5 Å². The first-order valence-electron chi connectivity index (χ1n) is 10.7. The van der Waals surface area contributed by atoms with Gasteiger partial charge in [0.1, 0.15) is 6.61 Å². The van der Waals surface area contributed by atoms with Gasteiger partial charge in [0.25, 0.3) is 11.1 Å². The van der Waals surface area contributed by atoms with E-state index in [9.17, 15) is 9.59 Å². The van der Waals surface area contributed by atoms with Gasteiger partial charge in [0.2, 0.25) is 0 Å². The molecule has 0 radical (unpaired) electrons. The summed E-state index contributed by atoms with van der Waals surface area (Å²) in [6, 6.07) is 18.8. The van der Waals surface area contributed by atoms with Crippen LogP contribution in [-0.2, 0) is 17.9 Å². The first-order valence-corrected chi connectivity index (χ1v) is 13.7. The van der Waals surface area contributed by atoms with Crippen LogP contribution in [0, 0.1) is 3.57 Å². The number of nitrogens with zero attached hydrogens (tertiary/aromatic N) is 1. The molecule has 0 bridgehead atoms. The number of amides is 2. The SMILES string of the molecule is CCOc1cc(/C=C2\SC(=O)N(Cc3ccc(Br)cc3)C2=O)cc(I)c1OCc1ccccc1Cl. The highest BCUT2D eigenvalue weighted by Crippen LogP contribution is 2.38. The van der Waals surface area contributed by atoms with Crippen LogP contribution in [0.4, 0.5) is 4.79 Å². The molecule has 1 fully saturated rings. The van der Waals surface area contributed by atoms with E-state index in [1.165, 1.54) is 4.90 Å². The fourth-order valence-corrected chi connectivity index (χ4v) is 5.47. The summed E-state index contributed by atoms with van der Waals surface area (Å²) in [4.78, 5) is 27.2. The summed E-state index contributed by atoms with van der Waals surface area (Å²) in [5.74, 6) is 0.856. The molecule has 0 spiro atoms. The van der Waals surface area contributed by atoms with Crippen LogP contribution in [0.3, 0.4) is 0 Å². The molecule has 3 aromatic carbocycles. The summed E-state index contributed by atoms with van der Waals surface area (Å²) in [5, 5.41) is 0.347. The highest BCUT2D eigenvalue weighted by molar-refractivity contribution is 14.1. The molecule has 2 amide bonds. The van der Waals surface area contributed by atoms with Gasteiger partial charge in [0.05, 0.1) is 21.6 Å².